The highest BCUT2D eigenvalue weighted by Gasteiger charge is 2.48. The van der Waals surface area contributed by atoms with Crippen molar-refractivity contribution in [2.45, 2.75) is 31.2 Å². The Morgan fingerprint density at radius 1 is 1.47 bits per heavy atom. The second kappa shape index (κ2) is 4.64. The number of nitrogen functional groups attached to an aromatic ring is 1. The highest BCUT2D eigenvalue weighted by molar-refractivity contribution is 9.10. The Hall–Kier alpha value is -0.790. The summed E-state index contributed by atoms with van der Waals surface area (Å²) in [5, 5.41) is 0. The zero-order valence-corrected chi connectivity index (χ0v) is 13.4. The quantitative estimate of drug-likeness (QED) is 0.816. The number of sulfonamides is 1. The number of benzene rings is 1. The first kappa shape index (κ1) is 14.6. The zero-order valence-electron chi connectivity index (χ0n) is 11.0. The molecule has 1 atom stereocenters. The van der Waals surface area contributed by atoms with Crippen LogP contribution in [-0.4, -0.2) is 21.6 Å². The van der Waals surface area contributed by atoms with Gasteiger partial charge < -0.3 is 10.5 Å². The van der Waals surface area contributed by atoms with E-state index in [1.54, 1.807) is 6.07 Å². The second-order valence-corrected chi connectivity index (χ2v) is 7.93. The molecule has 19 heavy (non-hydrogen) atoms. The summed E-state index contributed by atoms with van der Waals surface area (Å²) in [6.07, 6.45) is 0.834. The van der Waals surface area contributed by atoms with Crippen LogP contribution < -0.4 is 15.2 Å². The molecule has 1 aliphatic carbocycles. The number of nitrogens with one attached hydrogen (secondary N) is 1. The van der Waals surface area contributed by atoms with Crippen molar-refractivity contribution in [2.75, 3.05) is 12.8 Å². The molecule has 0 saturated heterocycles. The number of nitrogens with two attached hydrogens (primary N) is 1. The fourth-order valence-corrected chi connectivity index (χ4v) is 3.76. The van der Waals surface area contributed by atoms with Crippen LogP contribution in [0.4, 0.5) is 5.69 Å². The van der Waals surface area contributed by atoms with Crippen molar-refractivity contribution >= 4 is 31.6 Å². The molecule has 0 bridgehead atoms. The molecule has 106 valence electrons. The Morgan fingerprint density at radius 2 is 2.05 bits per heavy atom. The summed E-state index contributed by atoms with van der Waals surface area (Å²) in [5.74, 6) is 0.270. The molecule has 0 spiro atoms. The van der Waals surface area contributed by atoms with E-state index in [1.807, 2.05) is 13.8 Å². The van der Waals surface area contributed by atoms with Crippen LogP contribution in [0.5, 0.6) is 5.75 Å². The molecule has 1 saturated carbocycles. The van der Waals surface area contributed by atoms with Gasteiger partial charge in [-0.2, -0.15) is 0 Å². The lowest BCUT2D eigenvalue weighted by Crippen LogP contribution is -2.29. The molecule has 0 heterocycles. The molecular weight excluding hydrogens is 332 g/mol. The van der Waals surface area contributed by atoms with Gasteiger partial charge in [0.25, 0.3) is 0 Å². The molecule has 3 N–H and O–H groups in total. The van der Waals surface area contributed by atoms with E-state index >= 15 is 0 Å². The normalized spacial score (nSPS) is 21.2. The molecule has 1 fully saturated rings. The minimum atomic E-state index is -3.63. The molecule has 1 unspecified atom stereocenters. The number of hydrogen-bond acceptors (Lipinski definition) is 4. The molecule has 7 heteroatoms. The van der Waals surface area contributed by atoms with E-state index in [-0.39, 0.29) is 22.1 Å². The fraction of sp³-hybridized carbons (Fsp3) is 0.500. The molecule has 0 aromatic heterocycles. The second-order valence-electron chi connectivity index (χ2n) is 5.39. The van der Waals surface area contributed by atoms with Gasteiger partial charge in [-0.1, -0.05) is 13.8 Å². The van der Waals surface area contributed by atoms with Gasteiger partial charge in [0.2, 0.25) is 10.0 Å². The topological polar surface area (TPSA) is 81.4 Å². The first-order chi connectivity index (χ1) is 8.67. The van der Waals surface area contributed by atoms with Crippen LogP contribution in [-0.2, 0) is 10.0 Å². The van der Waals surface area contributed by atoms with E-state index < -0.39 is 10.0 Å². The van der Waals surface area contributed by atoms with Crippen molar-refractivity contribution in [3.05, 3.63) is 16.6 Å². The van der Waals surface area contributed by atoms with Gasteiger partial charge in [-0.05, 0) is 39.9 Å². The van der Waals surface area contributed by atoms with Crippen molar-refractivity contribution in [2.24, 2.45) is 5.41 Å². The monoisotopic (exact) mass is 348 g/mol. The maximum atomic E-state index is 12.4. The first-order valence-electron chi connectivity index (χ1n) is 5.83. The van der Waals surface area contributed by atoms with Crippen LogP contribution in [0.15, 0.2) is 21.5 Å². The molecule has 0 amide bonds. The van der Waals surface area contributed by atoms with Crippen molar-refractivity contribution < 1.29 is 13.2 Å². The number of anilines is 1. The highest BCUT2D eigenvalue weighted by atomic mass is 79.9. The van der Waals surface area contributed by atoms with Crippen molar-refractivity contribution in [1.29, 1.82) is 0 Å². The number of rotatable bonds is 4. The van der Waals surface area contributed by atoms with E-state index in [4.69, 9.17) is 10.5 Å². The van der Waals surface area contributed by atoms with Crippen LogP contribution in [0.25, 0.3) is 0 Å². The summed E-state index contributed by atoms with van der Waals surface area (Å²) in [6, 6.07) is 2.93. The lowest BCUT2D eigenvalue weighted by Gasteiger charge is -2.13. The van der Waals surface area contributed by atoms with E-state index in [0.717, 1.165) is 6.42 Å². The smallest absolute Gasteiger partial charge is 0.244 e. The summed E-state index contributed by atoms with van der Waals surface area (Å²) in [5.41, 5.74) is 6.12. The molecule has 0 aliphatic heterocycles. The lowest BCUT2D eigenvalue weighted by atomic mass is 10.2. The van der Waals surface area contributed by atoms with Gasteiger partial charge in [0.1, 0.15) is 10.6 Å². The van der Waals surface area contributed by atoms with Gasteiger partial charge in [-0.25, -0.2) is 13.1 Å². The minimum Gasteiger partial charge on any atom is -0.495 e. The molecule has 1 aromatic carbocycles. The van der Waals surface area contributed by atoms with Crippen LogP contribution in [0.2, 0.25) is 0 Å². The number of methoxy groups -OCH3 is 1. The first-order valence-corrected chi connectivity index (χ1v) is 8.10. The summed E-state index contributed by atoms with van der Waals surface area (Å²) >= 11 is 3.25. The predicted molar refractivity (Wildman–Crippen MR) is 77.6 cm³/mol. The van der Waals surface area contributed by atoms with E-state index in [1.165, 1.54) is 13.2 Å². The third-order valence-corrected chi connectivity index (χ3v) is 5.56. The lowest BCUT2D eigenvalue weighted by molar-refractivity contribution is 0.402. The summed E-state index contributed by atoms with van der Waals surface area (Å²) in [6.45, 7) is 4.04. The minimum absolute atomic E-state index is 0.0151. The Kier molecular flexibility index (Phi) is 3.57. The van der Waals surface area contributed by atoms with Crippen molar-refractivity contribution in [3.63, 3.8) is 0 Å². The van der Waals surface area contributed by atoms with E-state index in [0.29, 0.717) is 10.2 Å². The molecule has 2 rings (SSSR count). The van der Waals surface area contributed by atoms with Crippen molar-refractivity contribution in [1.82, 2.24) is 4.72 Å². The largest absolute Gasteiger partial charge is 0.495 e. The van der Waals surface area contributed by atoms with Crippen LogP contribution >= 0.6 is 15.9 Å². The Balaban J connectivity index is 2.37. The van der Waals surface area contributed by atoms with Crippen LogP contribution in [0.1, 0.15) is 20.3 Å². The number of halogens is 1. The van der Waals surface area contributed by atoms with E-state index in [9.17, 15) is 8.42 Å². The summed E-state index contributed by atoms with van der Waals surface area (Å²) in [4.78, 5) is 0.0680. The average molecular weight is 349 g/mol. The van der Waals surface area contributed by atoms with Gasteiger partial charge in [-0.15, -0.1) is 0 Å². The Labute approximate surface area is 121 Å². The maximum absolute atomic E-state index is 12.4. The van der Waals surface area contributed by atoms with Crippen LogP contribution in [0, 0.1) is 5.41 Å². The summed E-state index contributed by atoms with van der Waals surface area (Å²) < 4.78 is 33.1. The number of ether oxygens (including phenoxy) is 1. The molecule has 1 aliphatic rings. The van der Waals surface area contributed by atoms with Gasteiger partial charge >= 0.3 is 0 Å². The van der Waals surface area contributed by atoms with E-state index in [2.05, 4.69) is 20.7 Å². The SMILES string of the molecule is COc1cc(Br)c(N)cc1S(=O)(=O)NC1CC1(C)C. The molecule has 5 nitrogen and oxygen atoms in total. The zero-order chi connectivity index (χ0) is 14.4. The molecular formula is C12H17BrN2O3S. The summed E-state index contributed by atoms with van der Waals surface area (Å²) in [7, 11) is -2.20. The third-order valence-electron chi connectivity index (χ3n) is 3.38. The fourth-order valence-electron chi connectivity index (χ4n) is 1.84. The Bertz CT molecular complexity index is 614. The van der Waals surface area contributed by atoms with Crippen LogP contribution in [0.3, 0.4) is 0 Å². The molecule has 1 aromatic rings. The third kappa shape index (κ3) is 2.88. The van der Waals surface area contributed by atoms with Gasteiger partial charge in [-0.3, -0.25) is 0 Å². The van der Waals surface area contributed by atoms with Crippen molar-refractivity contribution in [3.8, 4) is 5.75 Å². The van der Waals surface area contributed by atoms with Gasteiger partial charge in [0.15, 0.2) is 0 Å². The maximum Gasteiger partial charge on any atom is 0.244 e. The van der Waals surface area contributed by atoms with Gasteiger partial charge in [0, 0.05) is 16.2 Å². The standard InChI is InChI=1S/C12H17BrN2O3S/c1-12(2)6-11(12)15-19(16,17)10-5-8(14)7(13)4-9(10)18-3/h4-5,11,15H,6,14H2,1-3H3. The highest BCUT2D eigenvalue weighted by Crippen LogP contribution is 2.45. The average Bonchev–Trinajstić information content (AvgIpc) is 2.88. The Morgan fingerprint density at radius 3 is 2.53 bits per heavy atom. The van der Waals surface area contributed by atoms with Gasteiger partial charge in [0.05, 0.1) is 7.11 Å². The molecule has 0 radical (unpaired) electrons. The predicted octanol–water partition coefficient (Wildman–Crippen LogP) is 2.12. The number of hydrogen-bond donors (Lipinski definition) is 2.